The van der Waals surface area contributed by atoms with Gasteiger partial charge in [0.15, 0.2) is 0 Å². The van der Waals surface area contributed by atoms with Crippen molar-refractivity contribution in [1.82, 2.24) is 4.98 Å². The van der Waals surface area contributed by atoms with Crippen LogP contribution >= 0.6 is 0 Å². The molecule has 0 amide bonds. The van der Waals surface area contributed by atoms with E-state index in [4.69, 9.17) is 5.73 Å². The third kappa shape index (κ3) is 2.49. The topological polar surface area (TPSA) is 42.1 Å². The minimum absolute atomic E-state index is 0.266. The van der Waals surface area contributed by atoms with Gasteiger partial charge in [0, 0.05) is 19.3 Å². The summed E-state index contributed by atoms with van der Waals surface area (Å²) in [5, 5.41) is 0. The first-order valence-electron chi connectivity index (χ1n) is 5.77. The summed E-state index contributed by atoms with van der Waals surface area (Å²) >= 11 is 0. The number of aromatic nitrogens is 1. The second-order valence-electron chi connectivity index (χ2n) is 4.19. The van der Waals surface area contributed by atoms with E-state index in [2.05, 4.69) is 4.98 Å². The molecule has 0 spiro atoms. The lowest BCUT2D eigenvalue weighted by Gasteiger charge is -2.20. The summed E-state index contributed by atoms with van der Waals surface area (Å²) < 4.78 is 13.7. The van der Waals surface area contributed by atoms with Gasteiger partial charge in [-0.25, -0.2) is 9.37 Å². The largest absolute Gasteiger partial charge is 0.327 e. The first kappa shape index (κ1) is 12.5. The molecule has 0 aliphatic carbocycles. The van der Waals surface area contributed by atoms with E-state index in [9.17, 15) is 4.39 Å². The lowest BCUT2D eigenvalue weighted by atomic mass is 10.2. The van der Waals surface area contributed by atoms with E-state index in [1.807, 2.05) is 19.1 Å². The molecular formula is C14H16FN3. The lowest BCUT2D eigenvalue weighted by Crippen LogP contribution is -2.14. The van der Waals surface area contributed by atoms with Gasteiger partial charge in [0.25, 0.3) is 0 Å². The van der Waals surface area contributed by atoms with E-state index in [1.54, 1.807) is 30.1 Å². The van der Waals surface area contributed by atoms with Crippen molar-refractivity contribution in [2.24, 2.45) is 5.73 Å². The monoisotopic (exact) mass is 245 g/mol. The summed E-state index contributed by atoms with van der Waals surface area (Å²) in [6.07, 6.45) is 0. The number of nitrogens with zero attached hydrogens (tertiary/aromatic N) is 2. The quantitative estimate of drug-likeness (QED) is 0.904. The Labute approximate surface area is 106 Å². The molecule has 0 bridgehead atoms. The highest BCUT2D eigenvalue weighted by atomic mass is 19.1. The van der Waals surface area contributed by atoms with Crippen LogP contribution in [0, 0.1) is 12.7 Å². The van der Waals surface area contributed by atoms with Gasteiger partial charge in [0.1, 0.15) is 11.6 Å². The molecule has 1 aromatic heterocycles. The van der Waals surface area contributed by atoms with Gasteiger partial charge in [0.05, 0.1) is 5.69 Å². The molecular weight excluding hydrogens is 229 g/mol. The Morgan fingerprint density at radius 3 is 2.67 bits per heavy atom. The number of hydrogen-bond acceptors (Lipinski definition) is 3. The summed E-state index contributed by atoms with van der Waals surface area (Å²) in [4.78, 5) is 6.13. The molecule has 0 unspecified atom stereocenters. The minimum atomic E-state index is -0.266. The van der Waals surface area contributed by atoms with E-state index in [0.29, 0.717) is 18.1 Å². The Bertz CT molecular complexity index is 554. The average molecular weight is 245 g/mol. The van der Waals surface area contributed by atoms with Crippen LogP contribution in [0.15, 0.2) is 36.4 Å². The van der Waals surface area contributed by atoms with E-state index in [0.717, 1.165) is 11.3 Å². The molecule has 0 fully saturated rings. The van der Waals surface area contributed by atoms with Crippen molar-refractivity contribution < 1.29 is 4.39 Å². The zero-order valence-electron chi connectivity index (χ0n) is 10.5. The van der Waals surface area contributed by atoms with Crippen molar-refractivity contribution in [3.05, 3.63) is 53.5 Å². The number of aryl methyl sites for hydroxylation is 1. The highest BCUT2D eigenvalue weighted by Crippen LogP contribution is 2.25. The minimum Gasteiger partial charge on any atom is -0.327 e. The van der Waals surface area contributed by atoms with Gasteiger partial charge >= 0.3 is 0 Å². The van der Waals surface area contributed by atoms with Crippen LogP contribution in [-0.4, -0.2) is 12.0 Å². The van der Waals surface area contributed by atoms with E-state index in [-0.39, 0.29) is 5.82 Å². The van der Waals surface area contributed by atoms with Gasteiger partial charge in [-0.3, -0.25) is 0 Å². The van der Waals surface area contributed by atoms with Crippen LogP contribution in [0.25, 0.3) is 0 Å². The zero-order chi connectivity index (χ0) is 13.1. The first-order valence-corrected chi connectivity index (χ1v) is 5.77. The van der Waals surface area contributed by atoms with Gasteiger partial charge in [0.2, 0.25) is 0 Å². The molecule has 1 aromatic carbocycles. The Morgan fingerprint density at radius 2 is 2.00 bits per heavy atom. The number of para-hydroxylation sites is 1. The van der Waals surface area contributed by atoms with Crippen LogP contribution in [0.1, 0.15) is 11.3 Å². The molecule has 0 saturated carbocycles. The summed E-state index contributed by atoms with van der Waals surface area (Å²) in [5.74, 6) is 0.429. The molecule has 2 aromatic rings. The third-order valence-electron chi connectivity index (χ3n) is 2.79. The van der Waals surface area contributed by atoms with Crippen molar-refractivity contribution in [3.8, 4) is 0 Å². The van der Waals surface area contributed by atoms with Gasteiger partial charge in [-0.05, 0) is 36.8 Å². The number of rotatable bonds is 3. The van der Waals surface area contributed by atoms with E-state index >= 15 is 0 Å². The molecule has 0 aliphatic rings. The molecule has 0 aliphatic heterocycles. The summed E-state index contributed by atoms with van der Waals surface area (Å²) in [6.45, 7) is 2.35. The smallest absolute Gasteiger partial charge is 0.146 e. The molecule has 0 radical (unpaired) electrons. The van der Waals surface area contributed by atoms with E-state index < -0.39 is 0 Å². The second-order valence-corrected chi connectivity index (χ2v) is 4.19. The Hall–Kier alpha value is -1.94. The zero-order valence-corrected chi connectivity index (χ0v) is 10.5. The Morgan fingerprint density at radius 1 is 1.28 bits per heavy atom. The van der Waals surface area contributed by atoms with Crippen molar-refractivity contribution in [1.29, 1.82) is 0 Å². The highest BCUT2D eigenvalue weighted by Gasteiger charge is 2.10. The predicted molar refractivity (Wildman–Crippen MR) is 71.3 cm³/mol. The molecule has 94 valence electrons. The van der Waals surface area contributed by atoms with Crippen LogP contribution in [0.3, 0.4) is 0 Å². The standard InChI is InChI=1S/C14H16FN3/c1-10-7-11(9-16)8-14(17-10)18(2)13-6-4-3-5-12(13)15/h3-8H,9,16H2,1-2H3. The van der Waals surface area contributed by atoms with Crippen molar-refractivity contribution in [2.75, 3.05) is 11.9 Å². The second kappa shape index (κ2) is 5.14. The van der Waals surface area contributed by atoms with Crippen LogP contribution in [0.5, 0.6) is 0 Å². The maximum atomic E-state index is 13.7. The van der Waals surface area contributed by atoms with Crippen molar-refractivity contribution >= 4 is 11.5 Å². The molecule has 2 N–H and O–H groups in total. The Balaban J connectivity index is 2.43. The van der Waals surface area contributed by atoms with Gasteiger partial charge < -0.3 is 10.6 Å². The predicted octanol–water partition coefficient (Wildman–Crippen LogP) is 2.76. The van der Waals surface area contributed by atoms with Gasteiger partial charge in [-0.15, -0.1) is 0 Å². The van der Waals surface area contributed by atoms with E-state index in [1.165, 1.54) is 6.07 Å². The van der Waals surface area contributed by atoms with Gasteiger partial charge in [-0.1, -0.05) is 12.1 Å². The number of pyridine rings is 1. The fraction of sp³-hybridized carbons (Fsp3) is 0.214. The summed E-state index contributed by atoms with van der Waals surface area (Å²) in [7, 11) is 1.79. The molecule has 0 saturated heterocycles. The third-order valence-corrected chi connectivity index (χ3v) is 2.79. The SMILES string of the molecule is Cc1cc(CN)cc(N(C)c2ccccc2F)n1. The lowest BCUT2D eigenvalue weighted by molar-refractivity contribution is 0.627. The van der Waals surface area contributed by atoms with Gasteiger partial charge in [-0.2, -0.15) is 0 Å². The summed E-state index contributed by atoms with van der Waals surface area (Å²) in [6, 6.07) is 10.4. The maximum Gasteiger partial charge on any atom is 0.146 e. The van der Waals surface area contributed by atoms with Crippen LogP contribution < -0.4 is 10.6 Å². The molecule has 0 atom stereocenters. The number of benzene rings is 1. The number of anilines is 2. The van der Waals surface area contributed by atoms with Crippen molar-refractivity contribution in [3.63, 3.8) is 0 Å². The molecule has 2 rings (SSSR count). The molecule has 3 nitrogen and oxygen atoms in total. The fourth-order valence-electron chi connectivity index (χ4n) is 1.86. The normalized spacial score (nSPS) is 10.4. The number of hydrogen-bond donors (Lipinski definition) is 1. The number of nitrogens with two attached hydrogens (primary N) is 1. The Kier molecular flexibility index (Phi) is 3.58. The fourth-order valence-corrected chi connectivity index (χ4v) is 1.86. The average Bonchev–Trinajstić information content (AvgIpc) is 2.37. The van der Waals surface area contributed by atoms with Crippen LogP contribution in [0.2, 0.25) is 0 Å². The summed E-state index contributed by atoms with van der Waals surface area (Å²) in [5.41, 5.74) is 7.99. The van der Waals surface area contributed by atoms with Crippen LogP contribution in [0.4, 0.5) is 15.9 Å². The van der Waals surface area contributed by atoms with Crippen molar-refractivity contribution in [2.45, 2.75) is 13.5 Å². The molecule has 1 heterocycles. The molecule has 18 heavy (non-hydrogen) atoms. The highest BCUT2D eigenvalue weighted by molar-refractivity contribution is 5.60. The number of halogens is 1. The van der Waals surface area contributed by atoms with Crippen LogP contribution in [-0.2, 0) is 6.54 Å². The molecule has 4 heteroatoms. The maximum absolute atomic E-state index is 13.7. The first-order chi connectivity index (χ1) is 8.61.